The number of esters is 1. The SMILES string of the molecule is COc1ccc(NC(=O)[C@H](C)OC(=O)CCc2ccc(OC)c(OC)c2)cc1. The van der Waals surface area contributed by atoms with E-state index in [1.165, 1.54) is 6.92 Å². The number of hydrogen-bond acceptors (Lipinski definition) is 6. The van der Waals surface area contributed by atoms with E-state index in [1.807, 2.05) is 12.1 Å². The van der Waals surface area contributed by atoms with Crippen LogP contribution in [0.25, 0.3) is 0 Å². The number of methoxy groups -OCH3 is 3. The highest BCUT2D eigenvalue weighted by Gasteiger charge is 2.18. The first-order valence-electron chi connectivity index (χ1n) is 8.82. The number of aryl methyl sites for hydroxylation is 1. The Balaban J connectivity index is 1.83. The van der Waals surface area contributed by atoms with Crippen molar-refractivity contribution >= 4 is 17.6 Å². The summed E-state index contributed by atoms with van der Waals surface area (Å²) in [6, 6.07) is 12.3. The summed E-state index contributed by atoms with van der Waals surface area (Å²) in [4.78, 5) is 24.3. The molecule has 2 aromatic carbocycles. The van der Waals surface area contributed by atoms with Gasteiger partial charge in [-0.1, -0.05) is 6.07 Å². The van der Waals surface area contributed by atoms with E-state index in [4.69, 9.17) is 18.9 Å². The minimum atomic E-state index is -0.903. The molecule has 0 heterocycles. The summed E-state index contributed by atoms with van der Waals surface area (Å²) in [5.74, 6) is 1.06. The van der Waals surface area contributed by atoms with Crippen LogP contribution in [0.15, 0.2) is 42.5 Å². The molecule has 0 radical (unpaired) electrons. The van der Waals surface area contributed by atoms with Gasteiger partial charge in [0.15, 0.2) is 17.6 Å². The number of rotatable bonds is 9. The highest BCUT2D eigenvalue weighted by atomic mass is 16.5. The van der Waals surface area contributed by atoms with Gasteiger partial charge in [-0.2, -0.15) is 0 Å². The Hall–Kier alpha value is -3.22. The lowest BCUT2D eigenvalue weighted by atomic mass is 10.1. The highest BCUT2D eigenvalue weighted by Crippen LogP contribution is 2.28. The Morgan fingerprint density at radius 3 is 2.21 bits per heavy atom. The van der Waals surface area contributed by atoms with E-state index >= 15 is 0 Å². The average molecular weight is 387 g/mol. The second-order valence-electron chi connectivity index (χ2n) is 6.04. The Morgan fingerprint density at radius 1 is 0.929 bits per heavy atom. The largest absolute Gasteiger partial charge is 0.497 e. The van der Waals surface area contributed by atoms with Gasteiger partial charge in [0.1, 0.15) is 5.75 Å². The molecule has 2 rings (SSSR count). The van der Waals surface area contributed by atoms with Crippen LogP contribution in [0.3, 0.4) is 0 Å². The molecule has 2 aromatic rings. The fraction of sp³-hybridized carbons (Fsp3) is 0.333. The summed E-state index contributed by atoms with van der Waals surface area (Å²) < 4.78 is 20.7. The van der Waals surface area contributed by atoms with E-state index in [0.29, 0.717) is 29.4 Å². The maximum absolute atomic E-state index is 12.2. The zero-order valence-corrected chi connectivity index (χ0v) is 16.5. The number of ether oxygens (including phenoxy) is 4. The van der Waals surface area contributed by atoms with E-state index in [0.717, 1.165) is 5.56 Å². The van der Waals surface area contributed by atoms with Gasteiger partial charge in [-0.05, 0) is 55.3 Å². The van der Waals surface area contributed by atoms with Crippen molar-refractivity contribution in [1.82, 2.24) is 0 Å². The summed E-state index contributed by atoms with van der Waals surface area (Å²) in [5.41, 5.74) is 1.50. The van der Waals surface area contributed by atoms with Crippen LogP contribution in [-0.4, -0.2) is 39.3 Å². The van der Waals surface area contributed by atoms with E-state index in [-0.39, 0.29) is 6.42 Å². The molecule has 0 unspecified atom stereocenters. The third-order valence-corrected chi connectivity index (χ3v) is 4.10. The summed E-state index contributed by atoms with van der Waals surface area (Å²) in [6.45, 7) is 1.53. The van der Waals surface area contributed by atoms with Crippen LogP contribution >= 0.6 is 0 Å². The number of hydrogen-bond donors (Lipinski definition) is 1. The average Bonchev–Trinajstić information content (AvgIpc) is 2.72. The van der Waals surface area contributed by atoms with Crippen LogP contribution in [0.4, 0.5) is 5.69 Å². The lowest BCUT2D eigenvalue weighted by Crippen LogP contribution is -2.30. The van der Waals surface area contributed by atoms with Crippen LogP contribution in [0.2, 0.25) is 0 Å². The molecule has 0 spiro atoms. The zero-order chi connectivity index (χ0) is 20.5. The maximum atomic E-state index is 12.2. The van der Waals surface area contributed by atoms with Crippen LogP contribution < -0.4 is 19.5 Å². The lowest BCUT2D eigenvalue weighted by molar-refractivity contribution is -0.153. The van der Waals surface area contributed by atoms with Crippen molar-refractivity contribution in [3.8, 4) is 17.2 Å². The van der Waals surface area contributed by atoms with Crippen LogP contribution in [-0.2, 0) is 20.7 Å². The Bertz CT molecular complexity index is 803. The van der Waals surface area contributed by atoms with Crippen molar-refractivity contribution in [1.29, 1.82) is 0 Å². The van der Waals surface area contributed by atoms with E-state index in [9.17, 15) is 9.59 Å². The number of anilines is 1. The summed E-state index contributed by atoms with van der Waals surface area (Å²) in [5, 5.41) is 2.70. The maximum Gasteiger partial charge on any atom is 0.306 e. The predicted octanol–water partition coefficient (Wildman–Crippen LogP) is 3.22. The van der Waals surface area contributed by atoms with Crippen LogP contribution in [0.1, 0.15) is 18.9 Å². The van der Waals surface area contributed by atoms with E-state index in [2.05, 4.69) is 5.32 Å². The molecule has 150 valence electrons. The third kappa shape index (κ3) is 5.90. The first-order chi connectivity index (χ1) is 13.5. The third-order valence-electron chi connectivity index (χ3n) is 4.10. The minimum Gasteiger partial charge on any atom is -0.497 e. The topological polar surface area (TPSA) is 83.1 Å². The molecule has 28 heavy (non-hydrogen) atoms. The van der Waals surface area contributed by atoms with E-state index in [1.54, 1.807) is 51.7 Å². The second kappa shape index (κ2) is 10.2. The van der Waals surface area contributed by atoms with Gasteiger partial charge in [0, 0.05) is 12.1 Å². The number of amides is 1. The molecule has 0 saturated carbocycles. The molecule has 0 aromatic heterocycles. The first-order valence-corrected chi connectivity index (χ1v) is 8.82. The van der Waals surface area contributed by atoms with Crippen molar-refractivity contribution < 1.29 is 28.5 Å². The van der Waals surface area contributed by atoms with E-state index < -0.39 is 18.0 Å². The van der Waals surface area contributed by atoms with Gasteiger partial charge in [0.25, 0.3) is 5.91 Å². The van der Waals surface area contributed by atoms with Crippen molar-refractivity contribution in [2.75, 3.05) is 26.6 Å². The molecule has 1 N–H and O–H groups in total. The number of carbonyl (C=O) groups is 2. The van der Waals surface area contributed by atoms with Gasteiger partial charge < -0.3 is 24.3 Å². The lowest BCUT2D eigenvalue weighted by Gasteiger charge is -2.14. The molecule has 1 atom stereocenters. The molecule has 0 aliphatic carbocycles. The van der Waals surface area contributed by atoms with Gasteiger partial charge >= 0.3 is 5.97 Å². The molecule has 0 fully saturated rings. The molecule has 7 nitrogen and oxygen atoms in total. The Kier molecular flexibility index (Phi) is 7.68. The van der Waals surface area contributed by atoms with Crippen molar-refractivity contribution in [3.63, 3.8) is 0 Å². The minimum absolute atomic E-state index is 0.148. The molecule has 0 bridgehead atoms. The summed E-state index contributed by atoms with van der Waals surface area (Å²) >= 11 is 0. The normalized spacial score (nSPS) is 11.3. The van der Waals surface area contributed by atoms with Crippen molar-refractivity contribution in [2.24, 2.45) is 0 Å². The van der Waals surface area contributed by atoms with Gasteiger partial charge in [-0.25, -0.2) is 0 Å². The quantitative estimate of drug-likeness (QED) is 0.665. The van der Waals surface area contributed by atoms with Crippen molar-refractivity contribution in [3.05, 3.63) is 48.0 Å². The number of carbonyl (C=O) groups excluding carboxylic acids is 2. The number of benzene rings is 2. The summed E-state index contributed by atoms with van der Waals surface area (Å²) in [7, 11) is 4.68. The molecule has 0 aliphatic rings. The fourth-order valence-corrected chi connectivity index (χ4v) is 2.51. The van der Waals surface area contributed by atoms with Crippen LogP contribution in [0.5, 0.6) is 17.2 Å². The zero-order valence-electron chi connectivity index (χ0n) is 16.5. The monoisotopic (exact) mass is 387 g/mol. The Labute approximate surface area is 164 Å². The highest BCUT2D eigenvalue weighted by molar-refractivity contribution is 5.95. The molecule has 0 aliphatic heterocycles. The molecule has 7 heteroatoms. The van der Waals surface area contributed by atoms with Gasteiger partial charge in [-0.15, -0.1) is 0 Å². The van der Waals surface area contributed by atoms with Crippen molar-refractivity contribution in [2.45, 2.75) is 25.9 Å². The summed E-state index contributed by atoms with van der Waals surface area (Å²) in [6.07, 6.45) is -0.290. The standard InChI is InChI=1S/C21H25NO6/c1-14(21(24)22-16-7-9-17(25-2)10-8-16)28-20(23)12-6-15-5-11-18(26-3)19(13-15)27-4/h5,7-11,13-14H,6,12H2,1-4H3,(H,22,24)/t14-/m0/s1. The Morgan fingerprint density at radius 2 is 1.61 bits per heavy atom. The molecular weight excluding hydrogens is 362 g/mol. The van der Waals surface area contributed by atoms with Gasteiger partial charge in [0.05, 0.1) is 21.3 Å². The molecular formula is C21H25NO6. The predicted molar refractivity (Wildman–Crippen MR) is 105 cm³/mol. The smallest absolute Gasteiger partial charge is 0.306 e. The van der Waals surface area contributed by atoms with Crippen LogP contribution in [0, 0.1) is 0 Å². The second-order valence-corrected chi connectivity index (χ2v) is 6.04. The molecule has 1 amide bonds. The first kappa shape index (κ1) is 21.1. The fourth-order valence-electron chi connectivity index (χ4n) is 2.51. The van der Waals surface area contributed by atoms with Gasteiger partial charge in [-0.3, -0.25) is 9.59 Å². The molecule has 0 saturated heterocycles. The number of nitrogens with one attached hydrogen (secondary N) is 1. The van der Waals surface area contributed by atoms with Gasteiger partial charge in [0.2, 0.25) is 0 Å².